The highest BCUT2D eigenvalue weighted by atomic mass is 19.4. The molecule has 0 bridgehead atoms. The summed E-state index contributed by atoms with van der Waals surface area (Å²) in [5, 5.41) is 2.56. The van der Waals surface area contributed by atoms with E-state index >= 15 is 0 Å². The SMILES string of the molecule is Cc1ccccc1NC(=O)C(N)c1ccccc1C(F)(F)F. The zero-order valence-corrected chi connectivity index (χ0v) is 11.8. The summed E-state index contributed by atoms with van der Waals surface area (Å²) in [7, 11) is 0. The van der Waals surface area contributed by atoms with Crippen LogP contribution in [0.5, 0.6) is 0 Å². The second-order valence-corrected chi connectivity index (χ2v) is 4.87. The van der Waals surface area contributed by atoms with E-state index in [2.05, 4.69) is 5.32 Å². The number of hydrogen-bond donors (Lipinski definition) is 2. The molecule has 1 unspecified atom stereocenters. The maximum atomic E-state index is 13.0. The van der Waals surface area contributed by atoms with E-state index in [9.17, 15) is 18.0 Å². The van der Waals surface area contributed by atoms with Crippen molar-refractivity contribution in [2.45, 2.75) is 19.1 Å². The second-order valence-electron chi connectivity index (χ2n) is 4.87. The number of aryl methyl sites for hydroxylation is 1. The quantitative estimate of drug-likeness (QED) is 0.909. The molecular formula is C16H15F3N2O. The molecule has 0 spiro atoms. The molecule has 2 aromatic rings. The van der Waals surface area contributed by atoms with Crippen LogP contribution in [0.2, 0.25) is 0 Å². The van der Waals surface area contributed by atoms with Crippen LogP contribution in [0.15, 0.2) is 48.5 Å². The van der Waals surface area contributed by atoms with E-state index in [1.165, 1.54) is 18.2 Å². The van der Waals surface area contributed by atoms with Gasteiger partial charge >= 0.3 is 6.18 Å². The van der Waals surface area contributed by atoms with Crippen LogP contribution in [-0.2, 0) is 11.0 Å². The number of carbonyl (C=O) groups excluding carboxylic acids is 1. The van der Waals surface area contributed by atoms with E-state index in [1.54, 1.807) is 31.2 Å². The molecule has 3 nitrogen and oxygen atoms in total. The minimum atomic E-state index is -4.56. The van der Waals surface area contributed by atoms with Crippen molar-refractivity contribution < 1.29 is 18.0 Å². The lowest BCUT2D eigenvalue weighted by Crippen LogP contribution is -2.30. The maximum absolute atomic E-state index is 13.0. The van der Waals surface area contributed by atoms with E-state index in [0.29, 0.717) is 5.69 Å². The molecule has 0 aliphatic heterocycles. The van der Waals surface area contributed by atoms with Gasteiger partial charge in [0.1, 0.15) is 6.04 Å². The monoisotopic (exact) mass is 308 g/mol. The summed E-state index contributed by atoms with van der Waals surface area (Å²) in [6.45, 7) is 1.78. The summed E-state index contributed by atoms with van der Waals surface area (Å²) in [5.41, 5.74) is 5.89. The Labute approximate surface area is 125 Å². The predicted molar refractivity (Wildman–Crippen MR) is 78.2 cm³/mol. The number of hydrogen-bond acceptors (Lipinski definition) is 2. The average Bonchev–Trinajstić information content (AvgIpc) is 2.48. The molecule has 22 heavy (non-hydrogen) atoms. The van der Waals surface area contributed by atoms with Crippen LogP contribution in [0.25, 0.3) is 0 Å². The molecule has 0 aliphatic rings. The lowest BCUT2D eigenvalue weighted by molar-refractivity contribution is -0.138. The first kappa shape index (κ1) is 16.0. The van der Waals surface area contributed by atoms with Gasteiger partial charge in [0.2, 0.25) is 5.91 Å². The van der Waals surface area contributed by atoms with Crippen LogP contribution in [0.3, 0.4) is 0 Å². The lowest BCUT2D eigenvalue weighted by Gasteiger charge is -2.18. The third-order valence-corrected chi connectivity index (χ3v) is 3.29. The first-order valence-electron chi connectivity index (χ1n) is 6.59. The van der Waals surface area contributed by atoms with E-state index in [1.807, 2.05) is 0 Å². The van der Waals surface area contributed by atoms with Crippen LogP contribution in [0, 0.1) is 6.92 Å². The van der Waals surface area contributed by atoms with Gasteiger partial charge in [0.25, 0.3) is 0 Å². The Hall–Kier alpha value is -2.34. The number of halogens is 3. The van der Waals surface area contributed by atoms with Crippen molar-refractivity contribution in [3.05, 3.63) is 65.2 Å². The van der Waals surface area contributed by atoms with Crippen LogP contribution >= 0.6 is 0 Å². The Balaban J connectivity index is 2.27. The third-order valence-electron chi connectivity index (χ3n) is 3.29. The molecule has 1 amide bonds. The van der Waals surface area contributed by atoms with Crippen molar-refractivity contribution in [2.75, 3.05) is 5.32 Å². The number of amides is 1. The van der Waals surface area contributed by atoms with Gasteiger partial charge in [-0.1, -0.05) is 36.4 Å². The summed E-state index contributed by atoms with van der Waals surface area (Å²) < 4.78 is 38.9. The van der Waals surface area contributed by atoms with Crippen molar-refractivity contribution in [1.29, 1.82) is 0 Å². The molecule has 0 aromatic heterocycles. The van der Waals surface area contributed by atoms with Gasteiger partial charge in [-0.2, -0.15) is 13.2 Å². The lowest BCUT2D eigenvalue weighted by atomic mass is 9.99. The molecule has 0 aliphatic carbocycles. The highest BCUT2D eigenvalue weighted by Gasteiger charge is 2.35. The normalized spacial score (nSPS) is 12.8. The average molecular weight is 308 g/mol. The van der Waals surface area contributed by atoms with Gasteiger partial charge in [-0.3, -0.25) is 4.79 Å². The molecule has 0 heterocycles. The first-order valence-corrected chi connectivity index (χ1v) is 6.59. The molecule has 0 saturated carbocycles. The fraction of sp³-hybridized carbons (Fsp3) is 0.188. The number of nitrogens with two attached hydrogens (primary N) is 1. The van der Waals surface area contributed by atoms with Gasteiger partial charge < -0.3 is 11.1 Å². The van der Waals surface area contributed by atoms with Crippen molar-refractivity contribution in [1.82, 2.24) is 0 Å². The Bertz CT molecular complexity index is 683. The number of rotatable bonds is 3. The molecule has 2 rings (SSSR count). The molecule has 3 N–H and O–H groups in total. The molecule has 0 radical (unpaired) electrons. The number of carbonyl (C=O) groups is 1. The Morgan fingerprint density at radius 3 is 2.32 bits per heavy atom. The smallest absolute Gasteiger partial charge is 0.324 e. The summed E-state index contributed by atoms with van der Waals surface area (Å²) in [4.78, 5) is 12.1. The third kappa shape index (κ3) is 3.46. The topological polar surface area (TPSA) is 55.1 Å². The Morgan fingerprint density at radius 1 is 1.09 bits per heavy atom. The minimum Gasteiger partial charge on any atom is -0.324 e. The van der Waals surface area contributed by atoms with Gasteiger partial charge in [-0.05, 0) is 30.2 Å². The van der Waals surface area contributed by atoms with Crippen LogP contribution < -0.4 is 11.1 Å². The van der Waals surface area contributed by atoms with Gasteiger partial charge in [-0.25, -0.2) is 0 Å². The van der Waals surface area contributed by atoms with E-state index in [4.69, 9.17) is 5.73 Å². The summed E-state index contributed by atoms with van der Waals surface area (Å²) in [5.74, 6) is -0.689. The second kappa shape index (κ2) is 6.19. The number of alkyl halides is 3. The standard InChI is InChI=1S/C16H15F3N2O/c1-10-6-2-5-9-13(10)21-15(22)14(20)11-7-3-4-8-12(11)16(17,18)19/h2-9,14H,20H2,1H3,(H,21,22). The van der Waals surface area contributed by atoms with Gasteiger partial charge in [-0.15, -0.1) is 0 Å². The highest BCUT2D eigenvalue weighted by molar-refractivity contribution is 5.96. The first-order chi connectivity index (χ1) is 10.3. The molecule has 0 saturated heterocycles. The van der Waals surface area contributed by atoms with E-state index < -0.39 is 23.7 Å². The maximum Gasteiger partial charge on any atom is 0.416 e. The number of para-hydroxylation sites is 1. The van der Waals surface area contributed by atoms with Crippen LogP contribution in [0.4, 0.5) is 18.9 Å². The predicted octanol–water partition coefficient (Wildman–Crippen LogP) is 3.65. The van der Waals surface area contributed by atoms with Gasteiger partial charge in [0.05, 0.1) is 5.56 Å². The molecule has 2 aromatic carbocycles. The Kier molecular flexibility index (Phi) is 4.51. The van der Waals surface area contributed by atoms with Crippen LogP contribution in [-0.4, -0.2) is 5.91 Å². The van der Waals surface area contributed by atoms with E-state index in [0.717, 1.165) is 11.6 Å². The zero-order valence-electron chi connectivity index (χ0n) is 11.8. The molecule has 1 atom stereocenters. The van der Waals surface area contributed by atoms with Crippen molar-refractivity contribution >= 4 is 11.6 Å². The fourth-order valence-electron chi connectivity index (χ4n) is 2.09. The fourth-order valence-corrected chi connectivity index (χ4v) is 2.09. The van der Waals surface area contributed by atoms with Crippen LogP contribution in [0.1, 0.15) is 22.7 Å². The Morgan fingerprint density at radius 2 is 1.68 bits per heavy atom. The highest BCUT2D eigenvalue weighted by Crippen LogP contribution is 2.34. The largest absolute Gasteiger partial charge is 0.416 e. The van der Waals surface area contributed by atoms with Gasteiger partial charge in [0, 0.05) is 5.69 Å². The molecule has 116 valence electrons. The molecular weight excluding hydrogens is 293 g/mol. The number of benzene rings is 2. The van der Waals surface area contributed by atoms with Crippen molar-refractivity contribution in [2.24, 2.45) is 5.73 Å². The van der Waals surface area contributed by atoms with E-state index in [-0.39, 0.29) is 5.56 Å². The summed E-state index contributed by atoms with van der Waals surface area (Å²) >= 11 is 0. The summed E-state index contributed by atoms with van der Waals surface area (Å²) in [6, 6.07) is 10.4. The molecule has 6 heteroatoms. The molecule has 0 fully saturated rings. The number of nitrogens with one attached hydrogen (secondary N) is 1. The summed E-state index contributed by atoms with van der Waals surface area (Å²) in [6.07, 6.45) is -4.56. The number of anilines is 1. The van der Waals surface area contributed by atoms with Crippen molar-refractivity contribution in [3.63, 3.8) is 0 Å². The zero-order chi connectivity index (χ0) is 16.3. The van der Waals surface area contributed by atoms with Crippen molar-refractivity contribution in [3.8, 4) is 0 Å². The minimum absolute atomic E-state index is 0.249. The van der Waals surface area contributed by atoms with Gasteiger partial charge in [0.15, 0.2) is 0 Å².